The molecule has 18 heavy (non-hydrogen) atoms. The van der Waals surface area contributed by atoms with Crippen LogP contribution in [0.5, 0.6) is 0 Å². The first-order chi connectivity index (χ1) is 8.54. The lowest BCUT2D eigenvalue weighted by Gasteiger charge is -2.05. The number of aromatic nitrogens is 2. The Labute approximate surface area is 114 Å². The van der Waals surface area contributed by atoms with Crippen LogP contribution in [-0.4, -0.2) is 15.8 Å². The summed E-state index contributed by atoms with van der Waals surface area (Å²) in [4.78, 5) is 0. The first-order valence-electron chi connectivity index (χ1n) is 5.75. The number of halogens is 2. The molecule has 0 fully saturated rings. The topological polar surface area (TPSA) is 43.8 Å². The lowest BCUT2D eigenvalue weighted by Crippen LogP contribution is -2.17. The van der Waals surface area contributed by atoms with Gasteiger partial charge < -0.3 is 5.73 Å². The smallest absolute Gasteiger partial charge is 0.123 e. The summed E-state index contributed by atoms with van der Waals surface area (Å²) in [5.41, 5.74) is 7.70. The second-order valence-electron chi connectivity index (χ2n) is 4.46. The van der Waals surface area contributed by atoms with Crippen LogP contribution in [0, 0.1) is 5.82 Å². The fourth-order valence-electron chi connectivity index (χ4n) is 1.81. The van der Waals surface area contributed by atoms with Gasteiger partial charge in [0.25, 0.3) is 0 Å². The molecule has 5 heteroatoms. The summed E-state index contributed by atoms with van der Waals surface area (Å²) in [5.74, 6) is -0.240. The first-order valence-corrected chi connectivity index (χ1v) is 6.55. The Hall–Kier alpha value is -1.20. The van der Waals surface area contributed by atoms with E-state index in [0.717, 1.165) is 22.0 Å². The summed E-state index contributed by atoms with van der Waals surface area (Å²) in [7, 11) is 0. The third kappa shape index (κ3) is 3.40. The lowest BCUT2D eigenvalue weighted by molar-refractivity contribution is 0.618. The van der Waals surface area contributed by atoms with Crippen molar-refractivity contribution in [2.24, 2.45) is 5.73 Å². The van der Waals surface area contributed by atoms with Crippen LogP contribution < -0.4 is 5.73 Å². The number of rotatable bonds is 4. The maximum atomic E-state index is 13.2. The normalized spacial score (nSPS) is 12.7. The van der Waals surface area contributed by atoms with Crippen molar-refractivity contribution in [1.29, 1.82) is 0 Å². The van der Waals surface area contributed by atoms with Crippen molar-refractivity contribution in [2.75, 3.05) is 0 Å². The number of hydrogen-bond acceptors (Lipinski definition) is 2. The van der Waals surface area contributed by atoms with Crippen LogP contribution in [0.15, 0.2) is 35.1 Å². The fraction of sp³-hybridized carbons (Fsp3) is 0.308. The highest BCUT2D eigenvalue weighted by Crippen LogP contribution is 2.19. The SMILES string of the molecule is CC(N)Cc1cnn(Cc2cc(F)ccc2Br)c1. The van der Waals surface area contributed by atoms with E-state index in [1.54, 1.807) is 16.9 Å². The zero-order valence-corrected chi connectivity index (χ0v) is 11.7. The van der Waals surface area contributed by atoms with Crippen LogP contribution in [-0.2, 0) is 13.0 Å². The largest absolute Gasteiger partial charge is 0.328 e. The molecule has 0 aliphatic heterocycles. The van der Waals surface area contributed by atoms with Gasteiger partial charge in [-0.25, -0.2) is 4.39 Å². The average Bonchev–Trinajstić information content (AvgIpc) is 2.70. The Morgan fingerprint density at radius 1 is 1.50 bits per heavy atom. The molecule has 0 radical (unpaired) electrons. The van der Waals surface area contributed by atoms with E-state index < -0.39 is 0 Å². The van der Waals surface area contributed by atoms with Gasteiger partial charge in [0, 0.05) is 16.7 Å². The first kappa shape index (κ1) is 13.2. The Morgan fingerprint density at radius 3 is 3.00 bits per heavy atom. The van der Waals surface area contributed by atoms with Gasteiger partial charge in [0.2, 0.25) is 0 Å². The molecule has 2 aromatic rings. The lowest BCUT2D eigenvalue weighted by atomic mass is 10.1. The Kier molecular flexibility index (Phi) is 4.14. The molecule has 0 saturated heterocycles. The van der Waals surface area contributed by atoms with Crippen molar-refractivity contribution in [3.8, 4) is 0 Å². The molecule has 2 N–H and O–H groups in total. The molecule has 96 valence electrons. The Morgan fingerprint density at radius 2 is 2.28 bits per heavy atom. The van der Waals surface area contributed by atoms with Crippen LogP contribution in [0.4, 0.5) is 4.39 Å². The van der Waals surface area contributed by atoms with Gasteiger partial charge in [0.1, 0.15) is 5.82 Å². The van der Waals surface area contributed by atoms with Gasteiger partial charge in [0.15, 0.2) is 0 Å². The van der Waals surface area contributed by atoms with E-state index in [1.807, 2.05) is 13.1 Å². The molecule has 0 amide bonds. The molecule has 3 nitrogen and oxygen atoms in total. The predicted octanol–water partition coefficient (Wildman–Crippen LogP) is 2.72. The maximum absolute atomic E-state index is 13.2. The third-order valence-corrected chi connectivity index (χ3v) is 3.36. The zero-order valence-electron chi connectivity index (χ0n) is 10.1. The van der Waals surface area contributed by atoms with E-state index in [4.69, 9.17) is 5.73 Å². The molecule has 1 unspecified atom stereocenters. The van der Waals surface area contributed by atoms with E-state index in [1.165, 1.54) is 12.1 Å². The van der Waals surface area contributed by atoms with Gasteiger partial charge in [-0.1, -0.05) is 15.9 Å². The van der Waals surface area contributed by atoms with E-state index >= 15 is 0 Å². The highest BCUT2D eigenvalue weighted by atomic mass is 79.9. The van der Waals surface area contributed by atoms with Crippen molar-refractivity contribution in [2.45, 2.75) is 25.9 Å². The second kappa shape index (κ2) is 5.63. The minimum absolute atomic E-state index is 0.114. The van der Waals surface area contributed by atoms with Crippen LogP contribution in [0.25, 0.3) is 0 Å². The van der Waals surface area contributed by atoms with Crippen LogP contribution in [0.2, 0.25) is 0 Å². The van der Waals surface area contributed by atoms with E-state index in [-0.39, 0.29) is 11.9 Å². The van der Waals surface area contributed by atoms with E-state index in [2.05, 4.69) is 21.0 Å². The third-order valence-electron chi connectivity index (χ3n) is 2.58. The molecule has 1 heterocycles. The summed E-state index contributed by atoms with van der Waals surface area (Å²) < 4.78 is 15.8. The number of nitrogens with zero attached hydrogens (tertiary/aromatic N) is 2. The quantitative estimate of drug-likeness (QED) is 0.943. The van der Waals surface area contributed by atoms with Crippen molar-refractivity contribution in [3.05, 3.63) is 52.0 Å². The van der Waals surface area contributed by atoms with Crippen molar-refractivity contribution in [1.82, 2.24) is 9.78 Å². The molecular formula is C13H15BrFN3. The highest BCUT2D eigenvalue weighted by molar-refractivity contribution is 9.10. The molecule has 0 aliphatic rings. The molecule has 0 saturated carbocycles. The molecule has 1 aromatic heterocycles. The molecular weight excluding hydrogens is 297 g/mol. The van der Waals surface area contributed by atoms with Crippen LogP contribution >= 0.6 is 15.9 Å². The number of benzene rings is 1. The van der Waals surface area contributed by atoms with E-state index in [0.29, 0.717) is 6.54 Å². The number of hydrogen-bond donors (Lipinski definition) is 1. The zero-order chi connectivity index (χ0) is 13.1. The summed E-state index contributed by atoms with van der Waals surface area (Å²) in [6.07, 6.45) is 4.54. The van der Waals surface area contributed by atoms with Gasteiger partial charge in [0.05, 0.1) is 12.7 Å². The summed E-state index contributed by atoms with van der Waals surface area (Å²) >= 11 is 3.41. The van der Waals surface area contributed by atoms with Gasteiger partial charge in [-0.2, -0.15) is 5.10 Å². The highest BCUT2D eigenvalue weighted by Gasteiger charge is 2.05. The van der Waals surface area contributed by atoms with Crippen molar-refractivity contribution in [3.63, 3.8) is 0 Å². The van der Waals surface area contributed by atoms with Gasteiger partial charge in [-0.3, -0.25) is 4.68 Å². The standard InChI is InChI=1S/C13H15BrFN3/c1-9(16)4-10-6-17-18(7-10)8-11-5-12(15)2-3-13(11)14/h2-3,5-7,9H,4,8,16H2,1H3. The Balaban J connectivity index is 2.13. The van der Waals surface area contributed by atoms with Crippen molar-refractivity contribution >= 4 is 15.9 Å². The minimum Gasteiger partial charge on any atom is -0.328 e. The van der Waals surface area contributed by atoms with Crippen LogP contribution in [0.3, 0.4) is 0 Å². The summed E-state index contributed by atoms with van der Waals surface area (Å²) in [6, 6.07) is 4.76. The molecule has 2 rings (SSSR count). The molecule has 0 aliphatic carbocycles. The monoisotopic (exact) mass is 311 g/mol. The average molecular weight is 312 g/mol. The van der Waals surface area contributed by atoms with E-state index in [9.17, 15) is 4.39 Å². The molecule has 1 atom stereocenters. The van der Waals surface area contributed by atoms with Gasteiger partial charge in [-0.15, -0.1) is 0 Å². The minimum atomic E-state index is -0.240. The van der Waals surface area contributed by atoms with Crippen molar-refractivity contribution < 1.29 is 4.39 Å². The van der Waals surface area contributed by atoms with Gasteiger partial charge >= 0.3 is 0 Å². The molecule has 0 spiro atoms. The predicted molar refractivity (Wildman–Crippen MR) is 72.8 cm³/mol. The summed E-state index contributed by atoms with van der Waals surface area (Å²) in [5, 5.41) is 4.25. The van der Waals surface area contributed by atoms with Crippen LogP contribution in [0.1, 0.15) is 18.1 Å². The summed E-state index contributed by atoms with van der Waals surface area (Å²) in [6.45, 7) is 2.50. The molecule has 1 aromatic carbocycles. The Bertz CT molecular complexity index is 537. The number of nitrogens with two attached hydrogens (primary N) is 1. The second-order valence-corrected chi connectivity index (χ2v) is 5.32. The fourth-order valence-corrected chi connectivity index (χ4v) is 2.18. The maximum Gasteiger partial charge on any atom is 0.123 e. The van der Waals surface area contributed by atoms with Gasteiger partial charge in [-0.05, 0) is 42.7 Å². The molecule has 0 bridgehead atoms.